The number of nitrogens with zero attached hydrogens (tertiary/aromatic N) is 2. The van der Waals surface area contributed by atoms with Crippen LogP contribution in [0.15, 0.2) is 12.4 Å². The highest BCUT2D eigenvalue weighted by Crippen LogP contribution is 2.35. The maximum Gasteiger partial charge on any atom is 0.242 e. The Kier molecular flexibility index (Phi) is 6.23. The Labute approximate surface area is 133 Å². The molecule has 21 heavy (non-hydrogen) atoms. The van der Waals surface area contributed by atoms with E-state index in [1.54, 1.807) is 17.9 Å². The Morgan fingerprint density at radius 3 is 2.52 bits per heavy atom. The van der Waals surface area contributed by atoms with E-state index in [-0.39, 0.29) is 24.4 Å². The van der Waals surface area contributed by atoms with Gasteiger partial charge in [-0.15, -0.1) is 12.4 Å². The van der Waals surface area contributed by atoms with Crippen molar-refractivity contribution in [2.75, 3.05) is 7.05 Å². The van der Waals surface area contributed by atoms with Crippen LogP contribution in [0.5, 0.6) is 0 Å². The fourth-order valence-corrected chi connectivity index (χ4v) is 2.87. The van der Waals surface area contributed by atoms with Crippen molar-refractivity contribution in [3.05, 3.63) is 18.0 Å². The molecule has 2 rings (SSSR count). The molecule has 1 saturated carbocycles. The monoisotopic (exact) mass is 314 g/mol. The molecular weight excluding hydrogens is 288 g/mol. The molecule has 1 unspecified atom stereocenters. The molecule has 1 aromatic heterocycles. The number of hydrogen-bond donors (Lipinski definition) is 2. The Bertz CT molecular complexity index is 462. The van der Waals surface area contributed by atoms with E-state index in [9.17, 15) is 4.79 Å². The van der Waals surface area contributed by atoms with E-state index in [1.807, 2.05) is 13.2 Å². The van der Waals surface area contributed by atoms with Gasteiger partial charge in [-0.25, -0.2) is 0 Å². The van der Waals surface area contributed by atoms with Crippen molar-refractivity contribution in [2.24, 2.45) is 12.5 Å². The van der Waals surface area contributed by atoms with Crippen molar-refractivity contribution in [2.45, 2.75) is 51.6 Å². The van der Waals surface area contributed by atoms with E-state index >= 15 is 0 Å². The minimum Gasteiger partial charge on any atom is -0.352 e. The zero-order valence-electron chi connectivity index (χ0n) is 13.3. The maximum atomic E-state index is 12.4. The van der Waals surface area contributed by atoms with Gasteiger partial charge in [-0.05, 0) is 38.1 Å². The molecule has 2 N–H and O–H groups in total. The van der Waals surface area contributed by atoms with Crippen molar-refractivity contribution in [1.82, 2.24) is 20.4 Å². The summed E-state index contributed by atoms with van der Waals surface area (Å²) in [6.07, 6.45) is 8.12. The van der Waals surface area contributed by atoms with Crippen molar-refractivity contribution in [3.63, 3.8) is 0 Å². The van der Waals surface area contributed by atoms with Crippen LogP contribution in [0.2, 0.25) is 0 Å². The highest BCUT2D eigenvalue weighted by molar-refractivity contribution is 5.85. The number of nitrogens with one attached hydrogen (secondary N) is 2. The molecule has 0 radical (unpaired) electrons. The standard InChI is InChI=1S/C15H26N4O.ClH/c1-15(2)7-5-12(6-8-15)18-14(20)13(16-3)11-9-17-19(4)10-11;/h9-10,12-13,16H,5-8H2,1-4H3,(H,18,20);1H. The molecule has 1 aliphatic carbocycles. The highest BCUT2D eigenvalue weighted by Gasteiger charge is 2.29. The first-order valence-corrected chi connectivity index (χ1v) is 7.37. The predicted octanol–water partition coefficient (Wildman–Crippen LogP) is 2.19. The van der Waals surface area contributed by atoms with Crippen LogP contribution in [-0.4, -0.2) is 28.8 Å². The molecule has 1 heterocycles. The second-order valence-corrected chi connectivity index (χ2v) is 6.62. The van der Waals surface area contributed by atoms with Gasteiger partial charge in [0, 0.05) is 24.8 Å². The largest absolute Gasteiger partial charge is 0.352 e. The third-order valence-electron chi connectivity index (χ3n) is 4.29. The lowest BCUT2D eigenvalue weighted by Gasteiger charge is -2.35. The van der Waals surface area contributed by atoms with Gasteiger partial charge in [-0.2, -0.15) is 5.10 Å². The van der Waals surface area contributed by atoms with Gasteiger partial charge in [0.05, 0.1) is 6.20 Å². The summed E-state index contributed by atoms with van der Waals surface area (Å²) in [5, 5.41) is 10.4. The molecule has 1 atom stereocenters. The molecule has 0 saturated heterocycles. The molecular formula is C15H27ClN4O. The van der Waals surface area contributed by atoms with Crippen molar-refractivity contribution in [1.29, 1.82) is 0 Å². The number of amides is 1. The van der Waals surface area contributed by atoms with Gasteiger partial charge in [0.2, 0.25) is 5.91 Å². The highest BCUT2D eigenvalue weighted by atomic mass is 35.5. The number of carbonyl (C=O) groups excluding carboxylic acids is 1. The molecule has 0 aliphatic heterocycles. The molecule has 1 fully saturated rings. The van der Waals surface area contributed by atoms with E-state index in [2.05, 4.69) is 29.6 Å². The summed E-state index contributed by atoms with van der Waals surface area (Å²) in [7, 11) is 3.67. The Hall–Kier alpha value is -1.07. The van der Waals surface area contributed by atoms with Crippen molar-refractivity contribution < 1.29 is 4.79 Å². The molecule has 0 spiro atoms. The summed E-state index contributed by atoms with van der Waals surface area (Å²) in [4.78, 5) is 12.4. The number of carbonyl (C=O) groups is 1. The fourth-order valence-electron chi connectivity index (χ4n) is 2.87. The second-order valence-electron chi connectivity index (χ2n) is 6.62. The number of hydrogen-bond acceptors (Lipinski definition) is 3. The first-order valence-electron chi connectivity index (χ1n) is 7.37. The SMILES string of the molecule is CNC(C(=O)NC1CCC(C)(C)CC1)c1cnn(C)c1.Cl. The van der Waals surface area contributed by atoms with Gasteiger partial charge in [0.15, 0.2) is 0 Å². The van der Waals surface area contributed by atoms with Crippen LogP contribution in [0.1, 0.15) is 51.1 Å². The second kappa shape index (κ2) is 7.27. The van der Waals surface area contributed by atoms with Crippen molar-refractivity contribution in [3.8, 4) is 0 Å². The molecule has 5 nitrogen and oxygen atoms in total. The molecule has 0 aromatic carbocycles. The zero-order valence-corrected chi connectivity index (χ0v) is 14.2. The average molecular weight is 315 g/mol. The summed E-state index contributed by atoms with van der Waals surface area (Å²) in [5.74, 6) is 0.0465. The average Bonchev–Trinajstić information content (AvgIpc) is 2.79. The first kappa shape index (κ1) is 18.0. The van der Waals surface area contributed by atoms with E-state index in [0.717, 1.165) is 18.4 Å². The third kappa shape index (κ3) is 4.71. The van der Waals surface area contributed by atoms with Crippen LogP contribution in [-0.2, 0) is 11.8 Å². The van der Waals surface area contributed by atoms with Gasteiger partial charge >= 0.3 is 0 Å². The topological polar surface area (TPSA) is 59.0 Å². The molecule has 1 aliphatic rings. The molecule has 120 valence electrons. The van der Waals surface area contributed by atoms with Crippen LogP contribution < -0.4 is 10.6 Å². The smallest absolute Gasteiger partial charge is 0.242 e. The Morgan fingerprint density at radius 2 is 2.05 bits per heavy atom. The number of rotatable bonds is 4. The van der Waals surface area contributed by atoms with Crippen LogP contribution in [0.25, 0.3) is 0 Å². The summed E-state index contributed by atoms with van der Waals surface area (Å²) < 4.78 is 1.72. The molecule has 1 aromatic rings. The number of halogens is 1. The summed E-state index contributed by atoms with van der Waals surface area (Å²) in [6, 6.07) is -0.0123. The quantitative estimate of drug-likeness (QED) is 0.895. The minimum atomic E-state index is -0.321. The van der Waals surface area contributed by atoms with Gasteiger partial charge in [-0.1, -0.05) is 13.8 Å². The molecule has 1 amide bonds. The van der Waals surface area contributed by atoms with E-state index in [0.29, 0.717) is 11.5 Å². The summed E-state index contributed by atoms with van der Waals surface area (Å²) in [6.45, 7) is 4.61. The van der Waals surface area contributed by atoms with Crippen LogP contribution in [0.3, 0.4) is 0 Å². The Balaban J connectivity index is 0.00000220. The lowest BCUT2D eigenvalue weighted by Crippen LogP contribution is -2.44. The van der Waals surface area contributed by atoms with Crippen LogP contribution >= 0.6 is 12.4 Å². The zero-order chi connectivity index (χ0) is 14.8. The number of likely N-dealkylation sites (N-methyl/N-ethyl adjacent to an activating group) is 1. The van der Waals surface area contributed by atoms with Crippen LogP contribution in [0, 0.1) is 5.41 Å². The summed E-state index contributed by atoms with van der Waals surface area (Å²) in [5.41, 5.74) is 1.33. The van der Waals surface area contributed by atoms with Gasteiger partial charge in [0.25, 0.3) is 0 Å². The van der Waals surface area contributed by atoms with Gasteiger partial charge in [-0.3, -0.25) is 9.48 Å². The normalized spacial score (nSPS) is 19.6. The third-order valence-corrected chi connectivity index (χ3v) is 4.29. The molecule has 6 heteroatoms. The maximum absolute atomic E-state index is 12.4. The van der Waals surface area contributed by atoms with Crippen LogP contribution in [0.4, 0.5) is 0 Å². The van der Waals surface area contributed by atoms with E-state index in [4.69, 9.17) is 0 Å². The van der Waals surface area contributed by atoms with Gasteiger partial charge < -0.3 is 10.6 Å². The Morgan fingerprint density at radius 1 is 1.43 bits per heavy atom. The number of aryl methyl sites for hydroxylation is 1. The lowest BCUT2D eigenvalue weighted by molar-refractivity contribution is -0.124. The van der Waals surface area contributed by atoms with E-state index < -0.39 is 0 Å². The van der Waals surface area contributed by atoms with E-state index in [1.165, 1.54) is 12.8 Å². The van der Waals surface area contributed by atoms with Gasteiger partial charge in [0.1, 0.15) is 6.04 Å². The number of aromatic nitrogens is 2. The fraction of sp³-hybridized carbons (Fsp3) is 0.733. The van der Waals surface area contributed by atoms with Crippen molar-refractivity contribution >= 4 is 18.3 Å². The predicted molar refractivity (Wildman–Crippen MR) is 86.4 cm³/mol. The lowest BCUT2D eigenvalue weighted by atomic mass is 9.75. The first-order chi connectivity index (χ1) is 9.41. The minimum absolute atomic E-state index is 0. The summed E-state index contributed by atoms with van der Waals surface area (Å²) >= 11 is 0. The molecule has 0 bridgehead atoms.